The van der Waals surface area contributed by atoms with E-state index < -0.39 is 5.97 Å². The average Bonchev–Trinajstić information content (AvgIpc) is 2.33. The summed E-state index contributed by atoms with van der Waals surface area (Å²) in [5, 5.41) is 10.0. The van der Waals surface area contributed by atoms with Crippen LogP contribution in [0.4, 0.5) is 0 Å². The molecule has 1 aromatic rings. The Labute approximate surface area is 112 Å². The van der Waals surface area contributed by atoms with Gasteiger partial charge >= 0.3 is 5.97 Å². The van der Waals surface area contributed by atoms with Crippen molar-refractivity contribution in [1.29, 1.82) is 0 Å². The van der Waals surface area contributed by atoms with Crippen LogP contribution in [-0.2, 0) is 11.2 Å². The lowest BCUT2D eigenvalue weighted by molar-refractivity contribution is -0.132. The molecule has 1 aromatic carbocycles. The Morgan fingerprint density at radius 1 is 1.47 bits per heavy atom. The van der Waals surface area contributed by atoms with Gasteiger partial charge in [0.15, 0.2) is 11.5 Å². The van der Waals surface area contributed by atoms with E-state index in [2.05, 4.69) is 0 Å². The molecule has 0 radical (unpaired) electrons. The first kappa shape index (κ1) is 13.5. The van der Waals surface area contributed by atoms with Crippen molar-refractivity contribution < 1.29 is 24.1 Å². The molecule has 0 saturated carbocycles. The number of hydrogen-bond acceptors (Lipinski definition) is 5. The van der Waals surface area contributed by atoms with Crippen LogP contribution in [0.2, 0.25) is 0 Å². The van der Waals surface area contributed by atoms with E-state index in [1.165, 1.54) is 13.0 Å². The maximum atomic E-state index is 11.2. The average molecular weight is 266 g/mol. The fourth-order valence-corrected chi connectivity index (χ4v) is 2.04. The fourth-order valence-electron chi connectivity index (χ4n) is 2.04. The van der Waals surface area contributed by atoms with Crippen LogP contribution >= 0.6 is 0 Å². The summed E-state index contributed by atoms with van der Waals surface area (Å²) in [7, 11) is 0. The van der Waals surface area contributed by atoms with Crippen LogP contribution in [0.5, 0.6) is 23.0 Å². The third-order valence-corrected chi connectivity index (χ3v) is 2.71. The highest BCUT2D eigenvalue weighted by Gasteiger charge is 2.25. The largest absolute Gasteiger partial charge is 0.507 e. The monoisotopic (exact) mass is 266 g/mol. The van der Waals surface area contributed by atoms with Gasteiger partial charge in [-0.3, -0.25) is 4.79 Å². The topological polar surface area (TPSA) is 65.0 Å². The molecule has 2 rings (SSSR count). The SMILES string of the molecule is CC(=O)Oc1c(OC(C)C)cc(O)c2c1OCCC2. The minimum Gasteiger partial charge on any atom is -0.507 e. The quantitative estimate of drug-likeness (QED) is 0.672. The first-order chi connectivity index (χ1) is 8.99. The lowest BCUT2D eigenvalue weighted by atomic mass is 10.0. The Kier molecular flexibility index (Phi) is 3.83. The summed E-state index contributed by atoms with van der Waals surface area (Å²) in [6.45, 7) is 5.57. The van der Waals surface area contributed by atoms with Gasteiger partial charge in [-0.2, -0.15) is 0 Å². The molecule has 0 amide bonds. The van der Waals surface area contributed by atoms with Gasteiger partial charge in [-0.05, 0) is 26.7 Å². The van der Waals surface area contributed by atoms with Crippen molar-refractivity contribution in [2.45, 2.75) is 39.7 Å². The summed E-state index contributed by atoms with van der Waals surface area (Å²) in [6, 6.07) is 1.48. The van der Waals surface area contributed by atoms with Crippen LogP contribution in [-0.4, -0.2) is 23.8 Å². The molecule has 0 unspecified atom stereocenters. The number of benzene rings is 1. The van der Waals surface area contributed by atoms with Gasteiger partial charge in [0, 0.05) is 18.6 Å². The minimum atomic E-state index is -0.448. The highest BCUT2D eigenvalue weighted by Crippen LogP contribution is 2.47. The number of carbonyl (C=O) groups is 1. The second-order valence-corrected chi connectivity index (χ2v) is 4.74. The minimum absolute atomic E-state index is 0.102. The van der Waals surface area contributed by atoms with E-state index in [1.54, 1.807) is 0 Å². The van der Waals surface area contributed by atoms with E-state index in [4.69, 9.17) is 14.2 Å². The number of ether oxygens (including phenoxy) is 3. The van der Waals surface area contributed by atoms with E-state index >= 15 is 0 Å². The van der Waals surface area contributed by atoms with Gasteiger partial charge < -0.3 is 19.3 Å². The first-order valence-corrected chi connectivity index (χ1v) is 6.35. The number of aromatic hydroxyl groups is 1. The molecule has 19 heavy (non-hydrogen) atoms. The maximum absolute atomic E-state index is 11.2. The Morgan fingerprint density at radius 3 is 2.84 bits per heavy atom. The zero-order valence-corrected chi connectivity index (χ0v) is 11.4. The Morgan fingerprint density at radius 2 is 2.21 bits per heavy atom. The predicted octanol–water partition coefficient (Wildman–Crippen LogP) is 2.43. The van der Waals surface area contributed by atoms with Crippen LogP contribution < -0.4 is 14.2 Å². The zero-order valence-electron chi connectivity index (χ0n) is 11.4. The molecular weight excluding hydrogens is 248 g/mol. The van der Waals surface area contributed by atoms with E-state index in [1.807, 2.05) is 13.8 Å². The molecule has 1 heterocycles. The lowest BCUT2D eigenvalue weighted by Gasteiger charge is -2.23. The van der Waals surface area contributed by atoms with E-state index in [-0.39, 0.29) is 17.6 Å². The molecule has 0 bridgehead atoms. The summed E-state index contributed by atoms with van der Waals surface area (Å²) in [6.07, 6.45) is 1.41. The second kappa shape index (κ2) is 5.38. The highest BCUT2D eigenvalue weighted by molar-refractivity contribution is 5.74. The molecule has 0 fully saturated rings. The van der Waals surface area contributed by atoms with Gasteiger partial charge in [-0.15, -0.1) is 0 Å². The van der Waals surface area contributed by atoms with Gasteiger partial charge in [0.25, 0.3) is 0 Å². The van der Waals surface area contributed by atoms with Crippen molar-refractivity contribution in [3.8, 4) is 23.0 Å². The highest BCUT2D eigenvalue weighted by atomic mass is 16.6. The van der Waals surface area contributed by atoms with Crippen molar-refractivity contribution >= 4 is 5.97 Å². The van der Waals surface area contributed by atoms with Crippen LogP contribution in [0, 0.1) is 0 Å². The van der Waals surface area contributed by atoms with Crippen LogP contribution in [0.3, 0.4) is 0 Å². The molecule has 0 saturated heterocycles. The number of esters is 1. The summed E-state index contributed by atoms with van der Waals surface area (Å²) < 4.78 is 16.3. The molecule has 5 heteroatoms. The van der Waals surface area contributed by atoms with Crippen molar-refractivity contribution in [2.24, 2.45) is 0 Å². The zero-order chi connectivity index (χ0) is 14.0. The Bertz CT molecular complexity index is 493. The van der Waals surface area contributed by atoms with Gasteiger partial charge in [-0.1, -0.05) is 0 Å². The Balaban J connectivity index is 2.52. The molecule has 1 N–H and O–H groups in total. The van der Waals surface area contributed by atoms with E-state index in [9.17, 15) is 9.90 Å². The lowest BCUT2D eigenvalue weighted by Crippen LogP contribution is -2.14. The molecule has 0 aliphatic carbocycles. The molecule has 1 aliphatic rings. The van der Waals surface area contributed by atoms with Crippen molar-refractivity contribution in [3.05, 3.63) is 11.6 Å². The number of carbonyl (C=O) groups excluding carboxylic acids is 1. The third kappa shape index (κ3) is 2.92. The molecule has 5 nitrogen and oxygen atoms in total. The summed E-state index contributed by atoms with van der Waals surface area (Å²) >= 11 is 0. The van der Waals surface area contributed by atoms with Crippen LogP contribution in [0.1, 0.15) is 32.8 Å². The van der Waals surface area contributed by atoms with Gasteiger partial charge in [0.1, 0.15) is 5.75 Å². The van der Waals surface area contributed by atoms with E-state index in [0.29, 0.717) is 30.1 Å². The maximum Gasteiger partial charge on any atom is 0.308 e. The van der Waals surface area contributed by atoms with Gasteiger partial charge in [0.05, 0.1) is 12.7 Å². The van der Waals surface area contributed by atoms with Gasteiger partial charge in [0.2, 0.25) is 5.75 Å². The smallest absolute Gasteiger partial charge is 0.308 e. The summed E-state index contributed by atoms with van der Waals surface area (Å²) in [5.41, 5.74) is 0.665. The molecule has 0 aromatic heterocycles. The number of phenols is 1. The predicted molar refractivity (Wildman–Crippen MR) is 69.0 cm³/mol. The molecular formula is C14H18O5. The van der Waals surface area contributed by atoms with E-state index in [0.717, 1.165) is 6.42 Å². The van der Waals surface area contributed by atoms with Crippen molar-refractivity contribution in [2.75, 3.05) is 6.61 Å². The summed E-state index contributed by atoms with van der Waals surface area (Å²) in [4.78, 5) is 11.2. The first-order valence-electron chi connectivity index (χ1n) is 6.35. The molecule has 1 aliphatic heterocycles. The summed E-state index contributed by atoms with van der Waals surface area (Å²) in [5.74, 6) is 0.658. The van der Waals surface area contributed by atoms with Gasteiger partial charge in [-0.25, -0.2) is 0 Å². The molecule has 0 spiro atoms. The molecule has 104 valence electrons. The standard InChI is InChI=1S/C14H18O5/c1-8(2)18-12-7-11(16)10-5-4-6-17-13(10)14(12)19-9(3)15/h7-8,16H,4-6H2,1-3H3. The third-order valence-electron chi connectivity index (χ3n) is 2.71. The Hall–Kier alpha value is -1.91. The number of rotatable bonds is 3. The fraction of sp³-hybridized carbons (Fsp3) is 0.500. The van der Waals surface area contributed by atoms with Crippen molar-refractivity contribution in [1.82, 2.24) is 0 Å². The number of hydrogen-bond donors (Lipinski definition) is 1. The second-order valence-electron chi connectivity index (χ2n) is 4.74. The van der Waals surface area contributed by atoms with Crippen LogP contribution in [0.15, 0.2) is 6.07 Å². The normalized spacial score (nSPS) is 13.7. The van der Waals surface area contributed by atoms with Crippen LogP contribution in [0.25, 0.3) is 0 Å². The number of phenolic OH excluding ortho intramolecular Hbond substituents is 1. The van der Waals surface area contributed by atoms with Crippen molar-refractivity contribution in [3.63, 3.8) is 0 Å². The number of fused-ring (bicyclic) bond motifs is 1. The molecule has 0 atom stereocenters.